The van der Waals surface area contributed by atoms with Crippen LogP contribution in [0, 0.1) is 0 Å². The van der Waals surface area contributed by atoms with Gasteiger partial charge in [-0.25, -0.2) is 4.98 Å². The number of hydrogen-bond acceptors (Lipinski definition) is 2. The number of rotatable bonds is 4. The number of pyridine rings is 1. The number of imidazole rings is 1. The SMILES string of the molecule is O=C(NCCc1cn2ccccc2n1)c1cccc2c3c([nH]c12)CCCC3. The predicted molar refractivity (Wildman–Crippen MR) is 106 cm³/mol. The third-order valence-corrected chi connectivity index (χ3v) is 5.46. The molecule has 0 bridgehead atoms. The van der Waals surface area contributed by atoms with Crippen LogP contribution in [0.15, 0.2) is 48.8 Å². The monoisotopic (exact) mass is 358 g/mol. The lowest BCUT2D eigenvalue weighted by Crippen LogP contribution is -2.26. The van der Waals surface area contributed by atoms with Crippen LogP contribution in [0.5, 0.6) is 0 Å². The van der Waals surface area contributed by atoms with Crippen LogP contribution in [0.3, 0.4) is 0 Å². The Morgan fingerprint density at radius 2 is 2.07 bits per heavy atom. The fourth-order valence-electron chi connectivity index (χ4n) is 4.13. The van der Waals surface area contributed by atoms with Crippen molar-refractivity contribution in [3.8, 4) is 0 Å². The van der Waals surface area contributed by atoms with Gasteiger partial charge in [0.2, 0.25) is 0 Å². The van der Waals surface area contributed by atoms with Crippen molar-refractivity contribution in [2.45, 2.75) is 32.1 Å². The van der Waals surface area contributed by atoms with E-state index in [9.17, 15) is 4.79 Å². The molecule has 4 aromatic rings. The number of para-hydroxylation sites is 1. The van der Waals surface area contributed by atoms with E-state index in [2.05, 4.69) is 21.4 Å². The molecule has 3 aromatic heterocycles. The van der Waals surface area contributed by atoms with Crippen molar-refractivity contribution in [2.24, 2.45) is 0 Å². The number of nitrogens with zero attached hydrogens (tertiary/aromatic N) is 2. The zero-order valence-corrected chi connectivity index (χ0v) is 15.2. The molecule has 5 rings (SSSR count). The number of benzene rings is 1. The molecule has 0 saturated carbocycles. The first-order chi connectivity index (χ1) is 13.3. The summed E-state index contributed by atoms with van der Waals surface area (Å²) >= 11 is 0. The van der Waals surface area contributed by atoms with E-state index in [4.69, 9.17) is 0 Å². The molecule has 0 saturated heterocycles. The van der Waals surface area contributed by atoms with E-state index in [0.29, 0.717) is 13.0 Å². The van der Waals surface area contributed by atoms with Crippen LogP contribution in [-0.4, -0.2) is 26.8 Å². The molecule has 0 unspecified atom stereocenters. The quantitative estimate of drug-likeness (QED) is 0.585. The summed E-state index contributed by atoms with van der Waals surface area (Å²) in [5, 5.41) is 4.26. The van der Waals surface area contributed by atoms with Crippen LogP contribution in [0.2, 0.25) is 0 Å². The van der Waals surface area contributed by atoms with Gasteiger partial charge in [0.25, 0.3) is 5.91 Å². The van der Waals surface area contributed by atoms with E-state index < -0.39 is 0 Å². The van der Waals surface area contributed by atoms with Gasteiger partial charge in [0.15, 0.2) is 0 Å². The van der Waals surface area contributed by atoms with Gasteiger partial charge in [-0.2, -0.15) is 0 Å². The predicted octanol–water partition coefficient (Wildman–Crippen LogP) is 3.67. The number of carbonyl (C=O) groups is 1. The smallest absolute Gasteiger partial charge is 0.253 e. The Hall–Kier alpha value is -3.08. The third-order valence-electron chi connectivity index (χ3n) is 5.46. The number of hydrogen-bond donors (Lipinski definition) is 2. The van der Waals surface area contributed by atoms with Gasteiger partial charge in [-0.15, -0.1) is 0 Å². The normalized spacial score (nSPS) is 13.8. The molecule has 27 heavy (non-hydrogen) atoms. The van der Waals surface area contributed by atoms with Gasteiger partial charge < -0.3 is 14.7 Å². The van der Waals surface area contributed by atoms with Crippen molar-refractivity contribution < 1.29 is 4.79 Å². The van der Waals surface area contributed by atoms with Gasteiger partial charge in [0, 0.05) is 36.4 Å². The Labute approximate surface area is 157 Å². The van der Waals surface area contributed by atoms with Gasteiger partial charge in [-0.3, -0.25) is 4.79 Å². The van der Waals surface area contributed by atoms with E-state index in [1.54, 1.807) is 0 Å². The lowest BCUT2D eigenvalue weighted by molar-refractivity contribution is 0.0955. The van der Waals surface area contributed by atoms with E-state index in [-0.39, 0.29) is 5.91 Å². The van der Waals surface area contributed by atoms with Crippen LogP contribution in [0.25, 0.3) is 16.6 Å². The fraction of sp³-hybridized carbons (Fsp3) is 0.273. The molecule has 1 aromatic carbocycles. The zero-order valence-electron chi connectivity index (χ0n) is 15.2. The Kier molecular flexibility index (Phi) is 3.93. The number of amides is 1. The molecule has 136 valence electrons. The third kappa shape index (κ3) is 2.89. The molecule has 2 N–H and O–H groups in total. The van der Waals surface area contributed by atoms with Crippen molar-refractivity contribution in [3.05, 3.63) is 71.3 Å². The van der Waals surface area contributed by atoms with Crippen molar-refractivity contribution in [1.29, 1.82) is 0 Å². The molecule has 0 fully saturated rings. The van der Waals surface area contributed by atoms with Gasteiger partial charge in [0.1, 0.15) is 5.65 Å². The summed E-state index contributed by atoms with van der Waals surface area (Å²) in [6.45, 7) is 0.569. The van der Waals surface area contributed by atoms with Gasteiger partial charge in [0.05, 0.1) is 16.8 Å². The molecular weight excluding hydrogens is 336 g/mol. The largest absolute Gasteiger partial charge is 0.358 e. The summed E-state index contributed by atoms with van der Waals surface area (Å²) in [6.07, 6.45) is 9.35. The van der Waals surface area contributed by atoms with E-state index in [1.807, 2.05) is 47.1 Å². The lowest BCUT2D eigenvalue weighted by atomic mass is 9.95. The molecule has 1 amide bonds. The van der Waals surface area contributed by atoms with Crippen molar-refractivity contribution >= 4 is 22.5 Å². The van der Waals surface area contributed by atoms with Crippen LogP contribution in [0.1, 0.15) is 40.2 Å². The summed E-state index contributed by atoms with van der Waals surface area (Å²) < 4.78 is 2.00. The summed E-state index contributed by atoms with van der Waals surface area (Å²) in [6, 6.07) is 12.0. The first-order valence-corrected chi connectivity index (χ1v) is 9.63. The second kappa shape index (κ2) is 6.58. The zero-order chi connectivity index (χ0) is 18.2. The highest BCUT2D eigenvalue weighted by Crippen LogP contribution is 2.30. The minimum atomic E-state index is -0.0250. The fourth-order valence-corrected chi connectivity index (χ4v) is 4.13. The highest BCUT2D eigenvalue weighted by atomic mass is 16.1. The van der Waals surface area contributed by atoms with Crippen molar-refractivity contribution in [3.63, 3.8) is 0 Å². The molecular formula is C22H22N4O. The van der Waals surface area contributed by atoms with Crippen LogP contribution in [-0.2, 0) is 19.3 Å². The Bertz CT molecular complexity index is 1100. The number of aromatic nitrogens is 3. The van der Waals surface area contributed by atoms with Crippen LogP contribution >= 0.6 is 0 Å². The molecule has 1 aliphatic carbocycles. The second-order valence-electron chi connectivity index (χ2n) is 7.22. The number of aryl methyl sites for hydroxylation is 2. The van der Waals surface area contributed by atoms with E-state index >= 15 is 0 Å². The topological polar surface area (TPSA) is 62.2 Å². The molecule has 5 nitrogen and oxygen atoms in total. The van der Waals surface area contributed by atoms with Crippen LogP contribution < -0.4 is 5.32 Å². The number of carbonyl (C=O) groups excluding carboxylic acids is 1. The molecule has 1 aliphatic rings. The second-order valence-corrected chi connectivity index (χ2v) is 7.22. The minimum absolute atomic E-state index is 0.0250. The molecule has 3 heterocycles. The standard InChI is InChI=1S/C22H22N4O/c27-22(23-12-11-15-14-26-13-4-3-10-20(26)24-15)18-8-5-7-17-16-6-1-2-9-19(16)25-21(17)18/h3-5,7-8,10,13-14,25H,1-2,6,9,11-12H2,(H,23,27). The number of H-pyrrole nitrogens is 1. The molecule has 0 radical (unpaired) electrons. The van der Waals surface area contributed by atoms with Gasteiger partial charge in [-0.1, -0.05) is 18.2 Å². The lowest BCUT2D eigenvalue weighted by Gasteiger charge is -2.10. The van der Waals surface area contributed by atoms with Gasteiger partial charge in [-0.05, 0) is 49.4 Å². The number of nitrogens with one attached hydrogen (secondary N) is 2. The molecule has 0 spiro atoms. The summed E-state index contributed by atoms with van der Waals surface area (Å²) in [5.41, 5.74) is 6.33. The summed E-state index contributed by atoms with van der Waals surface area (Å²) in [4.78, 5) is 20.9. The van der Waals surface area contributed by atoms with Crippen LogP contribution in [0.4, 0.5) is 0 Å². The summed E-state index contributed by atoms with van der Waals surface area (Å²) in [5.74, 6) is -0.0250. The molecule has 0 atom stereocenters. The first kappa shape index (κ1) is 16.1. The molecule has 0 aliphatic heterocycles. The maximum Gasteiger partial charge on any atom is 0.253 e. The maximum atomic E-state index is 12.8. The Morgan fingerprint density at radius 3 is 3.00 bits per heavy atom. The molecule has 5 heteroatoms. The Balaban J connectivity index is 1.33. The average Bonchev–Trinajstić information content (AvgIpc) is 3.28. The Morgan fingerprint density at radius 1 is 1.15 bits per heavy atom. The van der Waals surface area contributed by atoms with E-state index in [0.717, 1.165) is 35.3 Å². The first-order valence-electron chi connectivity index (χ1n) is 9.63. The van der Waals surface area contributed by atoms with E-state index in [1.165, 1.54) is 29.5 Å². The minimum Gasteiger partial charge on any atom is -0.358 e. The maximum absolute atomic E-state index is 12.8. The highest BCUT2D eigenvalue weighted by molar-refractivity contribution is 6.06. The average molecular weight is 358 g/mol. The number of fused-ring (bicyclic) bond motifs is 4. The van der Waals surface area contributed by atoms with Crippen molar-refractivity contribution in [1.82, 2.24) is 19.7 Å². The highest BCUT2D eigenvalue weighted by Gasteiger charge is 2.19. The van der Waals surface area contributed by atoms with Crippen molar-refractivity contribution in [2.75, 3.05) is 6.54 Å². The summed E-state index contributed by atoms with van der Waals surface area (Å²) in [7, 11) is 0. The number of aromatic amines is 1. The van der Waals surface area contributed by atoms with Gasteiger partial charge >= 0.3 is 0 Å².